The Kier molecular flexibility index (Phi) is 4.24. The van der Waals surface area contributed by atoms with Crippen molar-refractivity contribution in [2.75, 3.05) is 13.7 Å². The first-order valence-corrected chi connectivity index (χ1v) is 9.57. The minimum Gasteiger partial charge on any atom is -0.496 e. The first-order chi connectivity index (χ1) is 14.2. The van der Waals surface area contributed by atoms with Crippen molar-refractivity contribution in [3.63, 3.8) is 0 Å². The number of hydrogen-bond acceptors (Lipinski definition) is 4. The molecule has 0 saturated heterocycles. The number of amides is 1. The molecule has 0 aliphatic carbocycles. The summed E-state index contributed by atoms with van der Waals surface area (Å²) < 4.78 is 7.54. The van der Waals surface area contributed by atoms with E-state index in [1.807, 2.05) is 64.2 Å². The van der Waals surface area contributed by atoms with Crippen LogP contribution in [0.5, 0.6) is 5.75 Å². The lowest BCUT2D eigenvalue weighted by atomic mass is 9.97. The summed E-state index contributed by atoms with van der Waals surface area (Å²) in [5, 5.41) is 0. The lowest BCUT2D eigenvalue weighted by Gasteiger charge is -2.14. The maximum absolute atomic E-state index is 13.3. The molecule has 3 aromatic heterocycles. The van der Waals surface area contributed by atoms with Gasteiger partial charge >= 0.3 is 0 Å². The van der Waals surface area contributed by atoms with Crippen LogP contribution in [0.3, 0.4) is 0 Å². The Labute approximate surface area is 168 Å². The minimum atomic E-state index is 0.0292. The van der Waals surface area contributed by atoms with Gasteiger partial charge < -0.3 is 14.0 Å². The Hall–Kier alpha value is -3.67. The van der Waals surface area contributed by atoms with E-state index in [0.717, 1.165) is 33.8 Å². The first kappa shape index (κ1) is 17.4. The van der Waals surface area contributed by atoms with Crippen LogP contribution in [0.2, 0.25) is 0 Å². The average Bonchev–Trinajstić information content (AvgIpc) is 3.33. The van der Waals surface area contributed by atoms with Crippen LogP contribution in [0, 0.1) is 0 Å². The minimum absolute atomic E-state index is 0.0292. The van der Waals surface area contributed by atoms with E-state index in [4.69, 9.17) is 4.74 Å². The van der Waals surface area contributed by atoms with Gasteiger partial charge in [-0.25, -0.2) is 4.98 Å². The number of methoxy groups -OCH3 is 1. The number of aromatic nitrogens is 3. The average molecular weight is 384 g/mol. The van der Waals surface area contributed by atoms with Gasteiger partial charge in [-0.3, -0.25) is 9.78 Å². The normalized spacial score (nSPS) is 13.1. The number of ether oxygens (including phenoxy) is 1. The first-order valence-electron chi connectivity index (χ1n) is 9.57. The predicted molar refractivity (Wildman–Crippen MR) is 110 cm³/mol. The number of hydrogen-bond donors (Lipinski definition) is 0. The maximum Gasteiger partial charge on any atom is 0.255 e. The van der Waals surface area contributed by atoms with Gasteiger partial charge in [-0.05, 0) is 35.9 Å². The Morgan fingerprint density at radius 1 is 1.14 bits per heavy atom. The summed E-state index contributed by atoms with van der Waals surface area (Å²) in [5.74, 6) is 0.776. The number of imidazole rings is 1. The molecular weight excluding hydrogens is 364 g/mol. The van der Waals surface area contributed by atoms with Gasteiger partial charge in [0.25, 0.3) is 5.91 Å². The number of carbonyl (C=O) groups is 1. The van der Waals surface area contributed by atoms with Crippen LogP contribution in [0.15, 0.2) is 67.3 Å². The van der Waals surface area contributed by atoms with Gasteiger partial charge in [-0.1, -0.05) is 12.1 Å². The van der Waals surface area contributed by atoms with E-state index in [-0.39, 0.29) is 5.91 Å². The number of nitrogens with zero attached hydrogens (tertiary/aromatic N) is 4. The second-order valence-corrected chi connectivity index (χ2v) is 7.09. The third-order valence-electron chi connectivity index (χ3n) is 5.36. The van der Waals surface area contributed by atoms with Gasteiger partial charge in [-0.15, -0.1) is 0 Å². The van der Waals surface area contributed by atoms with E-state index in [1.165, 1.54) is 0 Å². The molecule has 1 amide bonds. The molecule has 144 valence electrons. The third-order valence-corrected chi connectivity index (χ3v) is 5.36. The second-order valence-electron chi connectivity index (χ2n) is 7.09. The van der Waals surface area contributed by atoms with Crippen molar-refractivity contribution >= 4 is 11.6 Å². The summed E-state index contributed by atoms with van der Waals surface area (Å²) in [7, 11) is 1.64. The van der Waals surface area contributed by atoms with Crippen LogP contribution >= 0.6 is 0 Å². The van der Waals surface area contributed by atoms with Crippen LogP contribution < -0.4 is 4.74 Å². The van der Waals surface area contributed by atoms with Crippen LogP contribution in [0.1, 0.15) is 21.6 Å². The molecule has 4 aromatic rings. The van der Waals surface area contributed by atoms with E-state index in [2.05, 4.69) is 9.97 Å². The summed E-state index contributed by atoms with van der Waals surface area (Å²) in [5.41, 5.74) is 5.37. The monoisotopic (exact) mass is 384 g/mol. The third kappa shape index (κ3) is 3.02. The van der Waals surface area contributed by atoms with Crippen molar-refractivity contribution in [1.29, 1.82) is 0 Å². The summed E-state index contributed by atoms with van der Waals surface area (Å²) in [4.78, 5) is 24.0. The topological polar surface area (TPSA) is 59.7 Å². The molecule has 1 aromatic carbocycles. The quantitative estimate of drug-likeness (QED) is 0.527. The number of rotatable bonds is 5. The van der Waals surface area contributed by atoms with Gasteiger partial charge in [0, 0.05) is 48.9 Å². The van der Waals surface area contributed by atoms with Crippen molar-refractivity contribution in [2.45, 2.75) is 13.0 Å². The Bertz CT molecular complexity index is 1170. The van der Waals surface area contributed by atoms with Gasteiger partial charge in [-0.2, -0.15) is 0 Å². The highest BCUT2D eigenvalue weighted by Gasteiger charge is 2.32. The lowest BCUT2D eigenvalue weighted by Crippen LogP contribution is -2.26. The van der Waals surface area contributed by atoms with Gasteiger partial charge in [0.1, 0.15) is 11.4 Å². The Balaban J connectivity index is 1.43. The number of carbonyl (C=O) groups excluding carboxylic acids is 1. The van der Waals surface area contributed by atoms with E-state index in [9.17, 15) is 4.79 Å². The van der Waals surface area contributed by atoms with Crippen molar-refractivity contribution in [3.8, 4) is 16.9 Å². The molecule has 0 fully saturated rings. The zero-order valence-electron chi connectivity index (χ0n) is 16.1. The van der Waals surface area contributed by atoms with Crippen molar-refractivity contribution in [2.24, 2.45) is 0 Å². The molecule has 1 aliphatic rings. The van der Waals surface area contributed by atoms with Crippen molar-refractivity contribution < 1.29 is 9.53 Å². The van der Waals surface area contributed by atoms with Crippen LogP contribution in [-0.4, -0.2) is 38.8 Å². The largest absolute Gasteiger partial charge is 0.496 e. The lowest BCUT2D eigenvalue weighted by molar-refractivity contribution is 0.0780. The van der Waals surface area contributed by atoms with Gasteiger partial charge in [0.2, 0.25) is 0 Å². The summed E-state index contributed by atoms with van der Waals surface area (Å²) >= 11 is 0. The molecular formula is C23H20N4O2. The summed E-state index contributed by atoms with van der Waals surface area (Å²) in [6, 6.07) is 13.7. The molecule has 0 bridgehead atoms. The van der Waals surface area contributed by atoms with Crippen molar-refractivity contribution in [3.05, 3.63) is 84.1 Å². The van der Waals surface area contributed by atoms with Gasteiger partial charge in [0.15, 0.2) is 0 Å². The van der Waals surface area contributed by atoms with Crippen LogP contribution in [0.25, 0.3) is 16.8 Å². The fraction of sp³-hybridized carbons (Fsp3) is 0.174. The fourth-order valence-electron chi connectivity index (χ4n) is 3.94. The summed E-state index contributed by atoms with van der Waals surface area (Å²) in [6.07, 6.45) is 8.22. The Morgan fingerprint density at radius 2 is 2.07 bits per heavy atom. The fourth-order valence-corrected chi connectivity index (χ4v) is 3.94. The molecule has 29 heavy (non-hydrogen) atoms. The molecule has 6 heteroatoms. The van der Waals surface area contributed by atoms with Crippen molar-refractivity contribution in [1.82, 2.24) is 19.3 Å². The highest BCUT2D eigenvalue weighted by molar-refractivity contribution is 6.05. The molecule has 0 atom stereocenters. The van der Waals surface area contributed by atoms with E-state index in [0.29, 0.717) is 25.1 Å². The second kappa shape index (κ2) is 7.05. The predicted octanol–water partition coefficient (Wildman–Crippen LogP) is 3.60. The molecule has 0 saturated carbocycles. The molecule has 6 nitrogen and oxygen atoms in total. The molecule has 1 aliphatic heterocycles. The highest BCUT2D eigenvalue weighted by atomic mass is 16.5. The zero-order valence-corrected chi connectivity index (χ0v) is 16.1. The number of pyridine rings is 2. The zero-order chi connectivity index (χ0) is 19.8. The smallest absolute Gasteiger partial charge is 0.255 e. The highest BCUT2D eigenvalue weighted by Crippen LogP contribution is 2.37. The van der Waals surface area contributed by atoms with E-state index in [1.54, 1.807) is 19.5 Å². The molecule has 0 unspecified atom stereocenters. The SMILES string of the molecule is COc1ccc(-c2cccnc2)c2c1CN(CCc1cn3ccccc3n1)C2=O. The standard InChI is InChI=1S/C23H20N4O2/c1-29-20-8-7-18(16-5-4-10-24-13-16)22-19(20)15-27(23(22)28)12-9-17-14-26-11-3-2-6-21(26)25-17/h2-8,10-11,13-14H,9,12,15H2,1H3. The Morgan fingerprint density at radius 3 is 2.86 bits per heavy atom. The summed E-state index contributed by atoms with van der Waals surface area (Å²) in [6.45, 7) is 1.14. The molecule has 0 radical (unpaired) electrons. The number of fused-ring (bicyclic) bond motifs is 2. The van der Waals surface area contributed by atoms with Crippen LogP contribution in [0.4, 0.5) is 0 Å². The molecule has 0 spiro atoms. The van der Waals surface area contributed by atoms with E-state index >= 15 is 0 Å². The van der Waals surface area contributed by atoms with E-state index < -0.39 is 0 Å². The van der Waals surface area contributed by atoms with Gasteiger partial charge in [0.05, 0.1) is 24.9 Å². The molecule has 0 N–H and O–H groups in total. The molecule has 5 rings (SSSR count). The maximum atomic E-state index is 13.3. The number of benzene rings is 1. The van der Waals surface area contributed by atoms with Crippen LogP contribution in [-0.2, 0) is 13.0 Å². The molecule has 4 heterocycles.